The van der Waals surface area contributed by atoms with Gasteiger partial charge in [0.2, 0.25) is 0 Å². The fraction of sp³-hybridized carbons (Fsp3) is 0.143. The molecule has 0 fully saturated rings. The minimum atomic E-state index is -0.402. The molecule has 6 nitrogen and oxygen atoms in total. The highest BCUT2D eigenvalue weighted by atomic mass is 16.5. The molecular formula is C14H12N4O2. The monoisotopic (exact) mass is 268 g/mol. The first-order chi connectivity index (χ1) is 9.79. The number of hydrogen-bond donors (Lipinski definition) is 0. The lowest BCUT2D eigenvalue weighted by molar-refractivity contribution is 0.0527. The number of hydrogen-bond acceptors (Lipinski definition) is 5. The van der Waals surface area contributed by atoms with Gasteiger partial charge in [0.1, 0.15) is 0 Å². The Morgan fingerprint density at radius 1 is 1.40 bits per heavy atom. The van der Waals surface area contributed by atoms with Crippen molar-refractivity contribution in [1.82, 2.24) is 19.6 Å². The summed E-state index contributed by atoms with van der Waals surface area (Å²) >= 11 is 0. The Labute approximate surface area is 115 Å². The lowest BCUT2D eigenvalue weighted by Gasteiger charge is -2.05. The Bertz CT molecular complexity index is 733. The topological polar surface area (TPSA) is 69.4 Å². The number of carbonyl (C=O) groups excluding carboxylic acids is 1. The molecule has 0 aliphatic carbocycles. The van der Waals surface area contributed by atoms with E-state index in [1.807, 2.05) is 6.07 Å². The summed E-state index contributed by atoms with van der Waals surface area (Å²) in [6.07, 6.45) is 6.61. The second-order valence-electron chi connectivity index (χ2n) is 4.09. The van der Waals surface area contributed by atoms with Crippen LogP contribution in [-0.2, 0) is 4.74 Å². The van der Waals surface area contributed by atoms with Gasteiger partial charge < -0.3 is 4.74 Å². The molecule has 3 heterocycles. The minimum Gasteiger partial charge on any atom is -0.462 e. The zero-order chi connectivity index (χ0) is 13.9. The Kier molecular flexibility index (Phi) is 3.12. The van der Waals surface area contributed by atoms with E-state index in [4.69, 9.17) is 4.74 Å². The fourth-order valence-corrected chi connectivity index (χ4v) is 1.95. The summed E-state index contributed by atoms with van der Waals surface area (Å²) in [6.45, 7) is 2.09. The fourth-order valence-electron chi connectivity index (χ4n) is 1.95. The SMILES string of the molecule is CCOC(=O)c1cnccc1-c1cc2ncccn2n1. The van der Waals surface area contributed by atoms with Crippen molar-refractivity contribution in [2.75, 3.05) is 6.61 Å². The van der Waals surface area contributed by atoms with Gasteiger partial charge in [0, 0.05) is 36.4 Å². The van der Waals surface area contributed by atoms with Gasteiger partial charge >= 0.3 is 5.97 Å². The number of esters is 1. The van der Waals surface area contributed by atoms with Crippen LogP contribution in [0.1, 0.15) is 17.3 Å². The number of ether oxygens (including phenoxy) is 1. The Balaban J connectivity index is 2.11. The van der Waals surface area contributed by atoms with E-state index in [0.717, 1.165) is 0 Å². The van der Waals surface area contributed by atoms with Gasteiger partial charge in [0.25, 0.3) is 0 Å². The van der Waals surface area contributed by atoms with Crippen molar-refractivity contribution in [3.05, 3.63) is 48.5 Å². The van der Waals surface area contributed by atoms with Gasteiger partial charge in [0.05, 0.1) is 17.9 Å². The maximum Gasteiger partial charge on any atom is 0.340 e. The summed E-state index contributed by atoms with van der Waals surface area (Å²) < 4.78 is 6.69. The number of pyridine rings is 1. The van der Waals surface area contributed by atoms with Crippen LogP contribution < -0.4 is 0 Å². The van der Waals surface area contributed by atoms with E-state index in [2.05, 4.69) is 15.1 Å². The van der Waals surface area contributed by atoms with Crippen LogP contribution in [0.25, 0.3) is 16.9 Å². The lowest BCUT2D eigenvalue weighted by Crippen LogP contribution is -2.07. The number of fused-ring (bicyclic) bond motifs is 1. The first kappa shape index (κ1) is 12.3. The van der Waals surface area contributed by atoms with Gasteiger partial charge in [0.15, 0.2) is 5.65 Å². The second kappa shape index (κ2) is 5.08. The molecule has 0 aliphatic heterocycles. The van der Waals surface area contributed by atoms with Gasteiger partial charge in [-0.15, -0.1) is 0 Å². The quantitative estimate of drug-likeness (QED) is 0.679. The molecule has 3 aromatic rings. The van der Waals surface area contributed by atoms with E-state index in [9.17, 15) is 4.79 Å². The first-order valence-corrected chi connectivity index (χ1v) is 6.21. The van der Waals surface area contributed by atoms with Crippen molar-refractivity contribution >= 4 is 11.6 Å². The molecule has 0 spiro atoms. The molecule has 20 heavy (non-hydrogen) atoms. The third kappa shape index (κ3) is 2.11. The van der Waals surface area contributed by atoms with Crippen molar-refractivity contribution in [3.8, 4) is 11.3 Å². The molecule has 100 valence electrons. The van der Waals surface area contributed by atoms with Crippen molar-refractivity contribution in [2.24, 2.45) is 0 Å². The zero-order valence-corrected chi connectivity index (χ0v) is 10.9. The predicted octanol–water partition coefficient (Wildman–Crippen LogP) is 1.97. The van der Waals surface area contributed by atoms with Gasteiger partial charge in [-0.3, -0.25) is 4.98 Å². The highest BCUT2D eigenvalue weighted by Crippen LogP contribution is 2.23. The van der Waals surface area contributed by atoms with Crippen LogP contribution in [0.2, 0.25) is 0 Å². The molecule has 0 atom stereocenters. The van der Waals surface area contributed by atoms with E-state index in [-0.39, 0.29) is 0 Å². The highest BCUT2D eigenvalue weighted by molar-refractivity contribution is 5.96. The average molecular weight is 268 g/mol. The summed E-state index contributed by atoms with van der Waals surface area (Å²) in [4.78, 5) is 20.1. The lowest BCUT2D eigenvalue weighted by atomic mass is 10.1. The Hall–Kier alpha value is -2.76. The molecule has 0 bridgehead atoms. The maximum atomic E-state index is 11.9. The molecule has 0 saturated heterocycles. The molecule has 3 aromatic heterocycles. The third-order valence-corrected chi connectivity index (χ3v) is 2.83. The van der Waals surface area contributed by atoms with Crippen LogP contribution in [0.4, 0.5) is 0 Å². The summed E-state index contributed by atoms with van der Waals surface area (Å²) in [5.41, 5.74) is 2.46. The van der Waals surface area contributed by atoms with E-state index in [1.54, 1.807) is 42.2 Å². The van der Waals surface area contributed by atoms with Crippen LogP contribution >= 0.6 is 0 Å². The van der Waals surface area contributed by atoms with Crippen LogP contribution in [-0.4, -0.2) is 32.2 Å². The molecular weight excluding hydrogens is 256 g/mol. The van der Waals surface area contributed by atoms with Gasteiger partial charge in [-0.1, -0.05) is 0 Å². The van der Waals surface area contributed by atoms with Gasteiger partial charge in [-0.25, -0.2) is 14.3 Å². The highest BCUT2D eigenvalue weighted by Gasteiger charge is 2.16. The van der Waals surface area contributed by atoms with E-state index >= 15 is 0 Å². The van der Waals surface area contributed by atoms with Crippen LogP contribution in [0, 0.1) is 0 Å². The minimum absolute atomic E-state index is 0.319. The molecule has 0 aliphatic rings. The molecule has 0 amide bonds. The van der Waals surface area contributed by atoms with Crippen LogP contribution in [0.5, 0.6) is 0 Å². The molecule has 0 saturated carbocycles. The summed E-state index contributed by atoms with van der Waals surface area (Å²) in [5.74, 6) is -0.402. The van der Waals surface area contributed by atoms with Crippen molar-refractivity contribution in [1.29, 1.82) is 0 Å². The van der Waals surface area contributed by atoms with Crippen molar-refractivity contribution in [3.63, 3.8) is 0 Å². The second-order valence-corrected chi connectivity index (χ2v) is 4.09. The molecule has 0 N–H and O–H groups in total. The van der Waals surface area contributed by atoms with Crippen LogP contribution in [0.15, 0.2) is 43.0 Å². The number of aromatic nitrogens is 4. The summed E-state index contributed by atoms with van der Waals surface area (Å²) in [6, 6.07) is 5.36. The van der Waals surface area contributed by atoms with Crippen molar-refractivity contribution < 1.29 is 9.53 Å². The largest absolute Gasteiger partial charge is 0.462 e. The first-order valence-electron chi connectivity index (χ1n) is 6.21. The predicted molar refractivity (Wildman–Crippen MR) is 72.2 cm³/mol. The van der Waals surface area contributed by atoms with Crippen molar-refractivity contribution in [2.45, 2.75) is 6.92 Å². The zero-order valence-electron chi connectivity index (χ0n) is 10.9. The normalized spacial score (nSPS) is 10.7. The van der Waals surface area contributed by atoms with E-state index in [1.165, 1.54) is 6.20 Å². The Morgan fingerprint density at radius 2 is 2.30 bits per heavy atom. The number of nitrogens with zero attached hydrogens (tertiary/aromatic N) is 4. The molecule has 0 aromatic carbocycles. The smallest absolute Gasteiger partial charge is 0.340 e. The molecule has 6 heteroatoms. The summed E-state index contributed by atoms with van der Waals surface area (Å²) in [5, 5.41) is 4.40. The molecule has 0 radical (unpaired) electrons. The summed E-state index contributed by atoms with van der Waals surface area (Å²) in [7, 11) is 0. The van der Waals surface area contributed by atoms with E-state index in [0.29, 0.717) is 29.1 Å². The molecule has 0 unspecified atom stereocenters. The molecule has 3 rings (SSSR count). The average Bonchev–Trinajstić information content (AvgIpc) is 2.91. The number of rotatable bonds is 3. The van der Waals surface area contributed by atoms with E-state index < -0.39 is 5.97 Å². The van der Waals surface area contributed by atoms with Crippen LogP contribution in [0.3, 0.4) is 0 Å². The van der Waals surface area contributed by atoms with Gasteiger partial charge in [-0.05, 0) is 19.1 Å². The maximum absolute atomic E-state index is 11.9. The third-order valence-electron chi connectivity index (χ3n) is 2.83. The Morgan fingerprint density at radius 3 is 3.10 bits per heavy atom. The number of carbonyl (C=O) groups is 1. The van der Waals surface area contributed by atoms with Gasteiger partial charge in [-0.2, -0.15) is 5.10 Å². The standard InChI is InChI=1S/C14H12N4O2/c1-2-20-14(19)11-9-15-6-4-10(11)12-8-13-16-5-3-7-18(13)17-12/h3-9H,2H2,1H3.